The molecule has 0 bridgehead atoms. The van der Waals surface area contributed by atoms with E-state index >= 15 is 0 Å². The van der Waals surface area contributed by atoms with Gasteiger partial charge in [-0.05, 0) is 42.5 Å². The van der Waals surface area contributed by atoms with E-state index in [9.17, 15) is 4.79 Å². The molecule has 0 saturated carbocycles. The Labute approximate surface area is 151 Å². The van der Waals surface area contributed by atoms with Gasteiger partial charge in [-0.1, -0.05) is 19.6 Å². The van der Waals surface area contributed by atoms with Crippen LogP contribution in [0.3, 0.4) is 0 Å². The van der Waals surface area contributed by atoms with Crippen LogP contribution in [0.25, 0.3) is 0 Å². The number of carbonyl (C=O) groups is 1. The maximum Gasteiger partial charge on any atom is 0.219 e. The van der Waals surface area contributed by atoms with Gasteiger partial charge < -0.3 is 19.7 Å². The van der Waals surface area contributed by atoms with Gasteiger partial charge in [-0.25, -0.2) is 0 Å². The van der Waals surface area contributed by atoms with Crippen LogP contribution in [0.15, 0.2) is 30.4 Å². The summed E-state index contributed by atoms with van der Waals surface area (Å²) in [4.78, 5) is 13.4. The lowest BCUT2D eigenvalue weighted by Crippen LogP contribution is -2.49. The summed E-state index contributed by atoms with van der Waals surface area (Å²) in [5.74, 6) is 2.08. The lowest BCUT2D eigenvalue weighted by molar-refractivity contribution is -0.130. The fraction of sp³-hybridized carbons (Fsp3) is 0.550. The number of rotatable bonds is 7. The van der Waals surface area contributed by atoms with E-state index in [1.54, 1.807) is 14.0 Å². The highest BCUT2D eigenvalue weighted by atomic mass is 16.5. The van der Waals surface area contributed by atoms with Gasteiger partial charge in [0.1, 0.15) is 6.61 Å². The lowest BCUT2D eigenvalue weighted by Gasteiger charge is -2.37. The van der Waals surface area contributed by atoms with Crippen LogP contribution in [0, 0.1) is 5.92 Å². The molecule has 2 rings (SSSR count). The zero-order valence-electron chi connectivity index (χ0n) is 15.8. The second-order valence-electron chi connectivity index (χ2n) is 6.95. The first-order valence-electron chi connectivity index (χ1n) is 8.83. The van der Waals surface area contributed by atoms with Gasteiger partial charge in [0, 0.05) is 32.6 Å². The molecule has 2 atom stereocenters. The van der Waals surface area contributed by atoms with E-state index in [4.69, 9.17) is 9.47 Å². The summed E-state index contributed by atoms with van der Waals surface area (Å²) in [5, 5.41) is 3.62. The number of hydrogen-bond acceptors (Lipinski definition) is 4. The minimum Gasteiger partial charge on any atom is -0.493 e. The van der Waals surface area contributed by atoms with Crippen LogP contribution < -0.4 is 14.8 Å². The van der Waals surface area contributed by atoms with Gasteiger partial charge in [0.15, 0.2) is 11.5 Å². The Bertz CT molecular complexity index is 615. The second-order valence-corrected chi connectivity index (χ2v) is 6.95. The molecule has 1 aliphatic heterocycles. The highest BCUT2D eigenvalue weighted by molar-refractivity contribution is 5.73. The summed E-state index contributed by atoms with van der Waals surface area (Å²) < 4.78 is 11.2. The fourth-order valence-electron chi connectivity index (χ4n) is 3.13. The number of methoxy groups -OCH3 is 1. The van der Waals surface area contributed by atoms with Crippen molar-refractivity contribution in [1.82, 2.24) is 10.2 Å². The number of hydrogen-bond donors (Lipinski definition) is 1. The zero-order valence-corrected chi connectivity index (χ0v) is 15.8. The lowest BCUT2D eigenvalue weighted by atomic mass is 9.93. The minimum atomic E-state index is 0.166. The van der Waals surface area contributed by atoms with Crippen molar-refractivity contribution in [2.45, 2.75) is 39.8 Å². The van der Waals surface area contributed by atoms with Gasteiger partial charge in [0.2, 0.25) is 5.91 Å². The van der Waals surface area contributed by atoms with Crippen LogP contribution in [0.2, 0.25) is 0 Å². The molecule has 1 aliphatic rings. The van der Waals surface area contributed by atoms with Crippen molar-refractivity contribution < 1.29 is 14.3 Å². The van der Waals surface area contributed by atoms with Gasteiger partial charge in [0.25, 0.3) is 0 Å². The quantitative estimate of drug-likeness (QED) is 0.771. The summed E-state index contributed by atoms with van der Waals surface area (Å²) in [5.41, 5.74) is 2.12. The Morgan fingerprint density at radius 2 is 2.12 bits per heavy atom. The number of ether oxygens (including phenoxy) is 2. The third kappa shape index (κ3) is 5.49. The number of piperidine rings is 1. The van der Waals surface area contributed by atoms with Crippen molar-refractivity contribution in [3.63, 3.8) is 0 Å². The van der Waals surface area contributed by atoms with Crippen molar-refractivity contribution >= 4 is 5.91 Å². The molecule has 25 heavy (non-hydrogen) atoms. The molecule has 1 aromatic rings. The van der Waals surface area contributed by atoms with Crippen LogP contribution in [-0.2, 0) is 11.3 Å². The third-order valence-corrected chi connectivity index (χ3v) is 4.62. The first-order valence-corrected chi connectivity index (χ1v) is 8.83. The average molecular weight is 346 g/mol. The maximum absolute atomic E-state index is 11.5. The van der Waals surface area contributed by atoms with Crippen molar-refractivity contribution in [1.29, 1.82) is 0 Å². The Hall–Kier alpha value is -2.01. The van der Waals surface area contributed by atoms with Crippen LogP contribution in [0.4, 0.5) is 0 Å². The molecule has 1 N–H and O–H groups in total. The van der Waals surface area contributed by atoms with Gasteiger partial charge in [0.05, 0.1) is 7.11 Å². The second kappa shape index (κ2) is 8.90. The first-order chi connectivity index (χ1) is 11.9. The van der Waals surface area contributed by atoms with Crippen LogP contribution in [0.1, 0.15) is 32.8 Å². The summed E-state index contributed by atoms with van der Waals surface area (Å²) in [7, 11) is 1.64. The van der Waals surface area contributed by atoms with E-state index in [1.807, 2.05) is 24.0 Å². The first kappa shape index (κ1) is 19.3. The molecule has 5 nitrogen and oxygen atoms in total. The van der Waals surface area contributed by atoms with Gasteiger partial charge >= 0.3 is 0 Å². The number of nitrogens with one attached hydrogen (secondary N) is 1. The summed E-state index contributed by atoms with van der Waals surface area (Å²) in [6.45, 7) is 12.5. The standard InChI is InChI=1S/C20H30N2O3/c1-14(2)13-25-20-10-17(6-7-19(20)24-5)11-21-18-8-9-22(16(4)23)12-15(18)3/h6-7,10,15,18,21H,1,8-9,11-13H2,2-5H3/t15-,18-/m0/s1. The van der Waals surface area contributed by atoms with Gasteiger partial charge in [-0.2, -0.15) is 0 Å². The predicted octanol–water partition coefficient (Wildman–Crippen LogP) is 3.00. The molecule has 1 saturated heterocycles. The van der Waals surface area contributed by atoms with Gasteiger partial charge in [-0.3, -0.25) is 4.79 Å². The third-order valence-electron chi connectivity index (χ3n) is 4.62. The molecule has 1 heterocycles. The number of likely N-dealkylation sites (tertiary alicyclic amines) is 1. The van der Waals surface area contributed by atoms with E-state index in [0.29, 0.717) is 18.6 Å². The van der Waals surface area contributed by atoms with E-state index in [2.05, 4.69) is 24.9 Å². The molecule has 138 valence electrons. The smallest absolute Gasteiger partial charge is 0.219 e. The summed E-state index contributed by atoms with van der Waals surface area (Å²) in [6, 6.07) is 6.42. The topological polar surface area (TPSA) is 50.8 Å². The van der Waals surface area contributed by atoms with E-state index in [-0.39, 0.29) is 5.91 Å². The molecule has 1 fully saturated rings. The molecule has 0 aromatic heterocycles. The Morgan fingerprint density at radius 3 is 2.72 bits per heavy atom. The molecule has 1 amide bonds. The van der Waals surface area contributed by atoms with Crippen LogP contribution >= 0.6 is 0 Å². The summed E-state index contributed by atoms with van der Waals surface area (Å²) in [6.07, 6.45) is 0.982. The average Bonchev–Trinajstić information content (AvgIpc) is 2.58. The van der Waals surface area contributed by atoms with Crippen LogP contribution in [0.5, 0.6) is 11.5 Å². The monoisotopic (exact) mass is 346 g/mol. The van der Waals surface area contributed by atoms with Crippen molar-refractivity contribution in [3.8, 4) is 11.5 Å². The molecular formula is C20H30N2O3. The van der Waals surface area contributed by atoms with E-state index < -0.39 is 0 Å². The van der Waals surface area contributed by atoms with E-state index in [1.165, 1.54) is 0 Å². The minimum absolute atomic E-state index is 0.166. The Kier molecular flexibility index (Phi) is 6.88. The molecular weight excluding hydrogens is 316 g/mol. The fourth-order valence-corrected chi connectivity index (χ4v) is 3.13. The van der Waals surface area contributed by atoms with Gasteiger partial charge in [-0.15, -0.1) is 0 Å². The van der Waals surface area contributed by atoms with Crippen molar-refractivity contribution in [2.75, 3.05) is 26.8 Å². The Morgan fingerprint density at radius 1 is 1.36 bits per heavy atom. The molecule has 0 aliphatic carbocycles. The Balaban J connectivity index is 1.95. The molecule has 0 spiro atoms. The highest BCUT2D eigenvalue weighted by Crippen LogP contribution is 2.28. The molecule has 5 heteroatoms. The number of nitrogens with zero attached hydrogens (tertiary/aromatic N) is 1. The van der Waals surface area contributed by atoms with Crippen LogP contribution in [-0.4, -0.2) is 43.7 Å². The predicted molar refractivity (Wildman–Crippen MR) is 100.0 cm³/mol. The van der Waals surface area contributed by atoms with Crippen molar-refractivity contribution in [2.24, 2.45) is 5.92 Å². The molecule has 0 radical (unpaired) electrons. The summed E-state index contributed by atoms with van der Waals surface area (Å²) >= 11 is 0. The molecule has 1 aromatic carbocycles. The largest absolute Gasteiger partial charge is 0.493 e. The normalized spacial score (nSPS) is 20.2. The highest BCUT2D eigenvalue weighted by Gasteiger charge is 2.26. The number of benzene rings is 1. The zero-order chi connectivity index (χ0) is 18.4. The molecule has 0 unspecified atom stereocenters. The number of amides is 1. The maximum atomic E-state index is 11.5. The SMILES string of the molecule is C=C(C)COc1cc(CN[C@H]2CCN(C(C)=O)C[C@@H]2C)ccc1OC. The van der Waals surface area contributed by atoms with E-state index in [0.717, 1.165) is 48.7 Å². The number of carbonyl (C=O) groups excluding carboxylic acids is 1. The van der Waals surface area contributed by atoms with Crippen molar-refractivity contribution in [3.05, 3.63) is 35.9 Å².